The third-order valence-electron chi connectivity index (χ3n) is 3.44. The molecule has 0 radical (unpaired) electrons. The van der Waals surface area contributed by atoms with Crippen molar-refractivity contribution in [2.45, 2.75) is 19.8 Å². The summed E-state index contributed by atoms with van der Waals surface area (Å²) >= 11 is 0. The maximum absolute atomic E-state index is 11.7. The third kappa shape index (κ3) is 3.62. The number of nitrogens with zero attached hydrogens (tertiary/aromatic N) is 1. The average molecular weight is 305 g/mol. The van der Waals surface area contributed by atoms with Crippen molar-refractivity contribution in [2.75, 3.05) is 29.9 Å². The summed E-state index contributed by atoms with van der Waals surface area (Å²) < 4.78 is 0. The van der Waals surface area contributed by atoms with E-state index in [4.69, 9.17) is 5.11 Å². The van der Waals surface area contributed by atoms with Gasteiger partial charge in [-0.05, 0) is 36.6 Å². The molecule has 7 heteroatoms. The summed E-state index contributed by atoms with van der Waals surface area (Å²) in [6.45, 7) is 2.02. The summed E-state index contributed by atoms with van der Waals surface area (Å²) in [7, 11) is 0. The van der Waals surface area contributed by atoms with Crippen LogP contribution in [0.3, 0.4) is 0 Å². The Morgan fingerprint density at radius 1 is 1.27 bits per heavy atom. The normalized spacial score (nSPS) is 13.3. The zero-order valence-electron chi connectivity index (χ0n) is 12.4. The van der Waals surface area contributed by atoms with Crippen LogP contribution in [0.2, 0.25) is 0 Å². The highest BCUT2D eigenvalue weighted by atomic mass is 16.3. The molecule has 1 aliphatic rings. The topological polar surface area (TPSA) is 98.7 Å². The smallest absolute Gasteiger partial charge is 0.313 e. The molecule has 0 saturated heterocycles. The summed E-state index contributed by atoms with van der Waals surface area (Å²) in [6.07, 6.45) is 1.68. The van der Waals surface area contributed by atoms with E-state index in [-0.39, 0.29) is 19.1 Å². The third-order valence-corrected chi connectivity index (χ3v) is 3.44. The Hall–Kier alpha value is -2.41. The number of benzene rings is 1. The minimum absolute atomic E-state index is 0.0129. The standard InChI is InChI=1S/C15H19N3O4/c1-10(20)18-7-2-3-11-9-12(4-5-13(11)18)17-15(22)14(21)16-6-8-19/h4-5,9,19H,2-3,6-8H2,1H3,(H,16,21)(H,17,22). The quantitative estimate of drug-likeness (QED) is 0.686. The molecule has 0 fully saturated rings. The Labute approximate surface area is 128 Å². The van der Waals surface area contributed by atoms with Crippen LogP contribution in [-0.4, -0.2) is 42.5 Å². The SMILES string of the molecule is CC(=O)N1CCCc2cc(NC(=O)C(=O)NCCO)ccc21. The van der Waals surface area contributed by atoms with E-state index < -0.39 is 11.8 Å². The van der Waals surface area contributed by atoms with Crippen molar-refractivity contribution >= 4 is 29.1 Å². The lowest BCUT2D eigenvalue weighted by atomic mass is 10.0. The lowest BCUT2D eigenvalue weighted by molar-refractivity contribution is -0.136. The molecule has 3 N–H and O–H groups in total. The van der Waals surface area contributed by atoms with Gasteiger partial charge in [-0.3, -0.25) is 14.4 Å². The second-order valence-corrected chi connectivity index (χ2v) is 5.05. The molecule has 7 nitrogen and oxygen atoms in total. The number of hydrogen-bond acceptors (Lipinski definition) is 4. The van der Waals surface area contributed by atoms with Crippen molar-refractivity contribution in [1.82, 2.24) is 5.32 Å². The molecule has 1 aliphatic heterocycles. The van der Waals surface area contributed by atoms with Crippen molar-refractivity contribution in [3.63, 3.8) is 0 Å². The van der Waals surface area contributed by atoms with Gasteiger partial charge in [0.2, 0.25) is 5.91 Å². The molecule has 0 saturated carbocycles. The lowest BCUT2D eigenvalue weighted by Gasteiger charge is -2.28. The van der Waals surface area contributed by atoms with Gasteiger partial charge >= 0.3 is 11.8 Å². The zero-order chi connectivity index (χ0) is 16.1. The maximum atomic E-state index is 11.7. The predicted molar refractivity (Wildman–Crippen MR) is 81.5 cm³/mol. The Kier molecular flexibility index (Phi) is 5.11. The van der Waals surface area contributed by atoms with Crippen LogP contribution >= 0.6 is 0 Å². The molecule has 0 aliphatic carbocycles. The predicted octanol–water partition coefficient (Wildman–Crippen LogP) is 0.0327. The first-order valence-corrected chi connectivity index (χ1v) is 7.14. The van der Waals surface area contributed by atoms with Gasteiger partial charge in [0.15, 0.2) is 0 Å². The first-order valence-electron chi connectivity index (χ1n) is 7.14. The molecule has 1 aromatic rings. The first kappa shape index (κ1) is 16.0. The van der Waals surface area contributed by atoms with E-state index in [2.05, 4.69) is 10.6 Å². The number of amides is 3. The van der Waals surface area contributed by atoms with Crippen molar-refractivity contribution in [3.05, 3.63) is 23.8 Å². The highest BCUT2D eigenvalue weighted by Gasteiger charge is 2.21. The average Bonchev–Trinajstić information content (AvgIpc) is 2.51. The van der Waals surface area contributed by atoms with Gasteiger partial charge in [-0.15, -0.1) is 0 Å². The minimum Gasteiger partial charge on any atom is -0.395 e. The molecule has 0 atom stereocenters. The molecule has 0 spiro atoms. The molecule has 118 valence electrons. The summed E-state index contributed by atoms with van der Waals surface area (Å²) in [4.78, 5) is 36.4. The Morgan fingerprint density at radius 3 is 2.73 bits per heavy atom. The van der Waals surface area contributed by atoms with E-state index >= 15 is 0 Å². The zero-order valence-corrected chi connectivity index (χ0v) is 12.4. The minimum atomic E-state index is -0.794. The second-order valence-electron chi connectivity index (χ2n) is 5.05. The van der Waals surface area contributed by atoms with E-state index in [1.54, 1.807) is 23.1 Å². The van der Waals surface area contributed by atoms with Crippen LogP contribution in [0.4, 0.5) is 11.4 Å². The maximum Gasteiger partial charge on any atom is 0.313 e. The number of hydrogen-bond donors (Lipinski definition) is 3. The lowest BCUT2D eigenvalue weighted by Crippen LogP contribution is -2.37. The first-order chi connectivity index (χ1) is 10.5. The van der Waals surface area contributed by atoms with Crippen LogP contribution < -0.4 is 15.5 Å². The highest BCUT2D eigenvalue weighted by molar-refractivity contribution is 6.39. The summed E-state index contributed by atoms with van der Waals surface area (Å²) in [6, 6.07) is 5.22. The van der Waals surface area contributed by atoms with E-state index in [1.807, 2.05) is 0 Å². The number of anilines is 2. The van der Waals surface area contributed by atoms with Crippen molar-refractivity contribution in [1.29, 1.82) is 0 Å². The van der Waals surface area contributed by atoms with Gasteiger partial charge in [0.05, 0.1) is 6.61 Å². The van der Waals surface area contributed by atoms with Crippen LogP contribution in [-0.2, 0) is 20.8 Å². The van der Waals surface area contributed by atoms with Gasteiger partial charge < -0.3 is 20.6 Å². The molecular formula is C15H19N3O4. The van der Waals surface area contributed by atoms with Crippen LogP contribution in [0.1, 0.15) is 18.9 Å². The number of carbonyl (C=O) groups is 3. The summed E-state index contributed by atoms with van der Waals surface area (Å²) in [5.41, 5.74) is 2.32. The fourth-order valence-electron chi connectivity index (χ4n) is 2.44. The number of aliphatic hydroxyl groups is 1. The molecular weight excluding hydrogens is 286 g/mol. The Morgan fingerprint density at radius 2 is 2.05 bits per heavy atom. The van der Waals surface area contributed by atoms with Gasteiger partial charge in [-0.2, -0.15) is 0 Å². The van der Waals surface area contributed by atoms with Gasteiger partial charge in [-0.25, -0.2) is 0 Å². The number of carbonyl (C=O) groups excluding carboxylic acids is 3. The molecule has 0 bridgehead atoms. The second kappa shape index (κ2) is 7.04. The van der Waals surface area contributed by atoms with E-state index in [0.29, 0.717) is 12.2 Å². The van der Waals surface area contributed by atoms with Crippen LogP contribution in [0.15, 0.2) is 18.2 Å². The Balaban J connectivity index is 2.10. The number of nitrogens with one attached hydrogen (secondary N) is 2. The summed E-state index contributed by atoms with van der Waals surface area (Å²) in [5, 5.41) is 13.4. The van der Waals surface area contributed by atoms with Crippen molar-refractivity contribution in [2.24, 2.45) is 0 Å². The van der Waals surface area contributed by atoms with E-state index in [0.717, 1.165) is 24.1 Å². The van der Waals surface area contributed by atoms with Crippen LogP contribution in [0, 0.1) is 0 Å². The van der Waals surface area contributed by atoms with Gasteiger partial charge in [0.1, 0.15) is 0 Å². The highest BCUT2D eigenvalue weighted by Crippen LogP contribution is 2.29. The molecule has 1 aromatic carbocycles. The molecule has 3 amide bonds. The number of aliphatic hydroxyl groups excluding tert-OH is 1. The van der Waals surface area contributed by atoms with Crippen LogP contribution in [0.5, 0.6) is 0 Å². The Bertz CT molecular complexity index is 600. The molecule has 0 unspecified atom stereocenters. The summed E-state index contributed by atoms with van der Waals surface area (Å²) in [5.74, 6) is -1.59. The molecule has 0 aromatic heterocycles. The monoisotopic (exact) mass is 305 g/mol. The number of rotatable bonds is 3. The molecule has 22 heavy (non-hydrogen) atoms. The van der Waals surface area contributed by atoms with Crippen LogP contribution in [0.25, 0.3) is 0 Å². The van der Waals surface area contributed by atoms with Gasteiger partial charge in [-0.1, -0.05) is 0 Å². The van der Waals surface area contributed by atoms with Crippen molar-refractivity contribution in [3.8, 4) is 0 Å². The number of fused-ring (bicyclic) bond motifs is 1. The van der Waals surface area contributed by atoms with Crippen molar-refractivity contribution < 1.29 is 19.5 Å². The fourth-order valence-corrected chi connectivity index (χ4v) is 2.44. The largest absolute Gasteiger partial charge is 0.395 e. The van der Waals surface area contributed by atoms with E-state index in [1.165, 1.54) is 6.92 Å². The number of aryl methyl sites for hydroxylation is 1. The van der Waals surface area contributed by atoms with Gasteiger partial charge in [0, 0.05) is 31.4 Å². The fraction of sp³-hybridized carbons (Fsp3) is 0.400. The molecule has 1 heterocycles. The molecule has 2 rings (SSSR count). The van der Waals surface area contributed by atoms with E-state index in [9.17, 15) is 14.4 Å². The van der Waals surface area contributed by atoms with Gasteiger partial charge in [0.25, 0.3) is 0 Å².